The average Bonchev–Trinajstić information content (AvgIpc) is 2.68. The number of aromatic nitrogens is 2. The Morgan fingerprint density at radius 3 is 2.24 bits per heavy atom. The SMILES string of the molecule is N#Cc1ccc(Oc2ccc(-c3c(C(=O)O)c(N)[nH]c(=O)c3C(=O)O)cc2)nc1. The predicted molar refractivity (Wildman–Crippen MR) is 99.9 cm³/mol. The molecule has 0 aliphatic carbocycles. The number of carbonyl (C=O) groups is 2. The molecule has 2 aromatic heterocycles. The fraction of sp³-hybridized carbons (Fsp3) is 0. The normalized spacial score (nSPS) is 10.2. The number of hydrogen-bond acceptors (Lipinski definition) is 7. The molecule has 0 spiro atoms. The number of carboxylic acid groups (broad SMARTS) is 2. The Morgan fingerprint density at radius 2 is 1.72 bits per heavy atom. The van der Waals surface area contributed by atoms with Crippen molar-refractivity contribution in [3.05, 3.63) is 69.6 Å². The number of anilines is 1. The molecule has 5 N–H and O–H groups in total. The number of nitriles is 1. The number of carboxylic acids is 2. The summed E-state index contributed by atoms with van der Waals surface area (Å²) in [5, 5.41) is 27.6. The Balaban J connectivity index is 2.05. The van der Waals surface area contributed by atoms with Crippen molar-refractivity contribution in [3.8, 4) is 28.8 Å². The van der Waals surface area contributed by atoms with Gasteiger partial charge in [0.05, 0.1) is 5.56 Å². The van der Waals surface area contributed by atoms with Crippen LogP contribution in [0.4, 0.5) is 5.82 Å². The Bertz CT molecular complexity index is 1210. The summed E-state index contributed by atoms with van der Waals surface area (Å²) < 4.78 is 5.53. The van der Waals surface area contributed by atoms with Crippen LogP contribution in [0.2, 0.25) is 0 Å². The largest absolute Gasteiger partial charge is 0.478 e. The predicted octanol–water partition coefficient (Wildman–Crippen LogP) is 2.08. The highest BCUT2D eigenvalue weighted by atomic mass is 16.5. The van der Waals surface area contributed by atoms with E-state index in [1.54, 1.807) is 0 Å². The number of nitrogens with zero attached hydrogens (tertiary/aromatic N) is 2. The first-order chi connectivity index (χ1) is 13.8. The maximum absolute atomic E-state index is 12.0. The highest BCUT2D eigenvalue weighted by Gasteiger charge is 2.26. The fourth-order valence-corrected chi connectivity index (χ4v) is 2.65. The number of nitrogens with one attached hydrogen (secondary N) is 1. The molecule has 0 radical (unpaired) electrons. The minimum absolute atomic E-state index is 0.151. The van der Waals surface area contributed by atoms with Crippen molar-refractivity contribution < 1.29 is 24.5 Å². The van der Waals surface area contributed by atoms with Crippen LogP contribution in [0.1, 0.15) is 26.3 Å². The lowest BCUT2D eigenvalue weighted by atomic mass is 9.95. The Hall–Kier alpha value is -4.65. The van der Waals surface area contributed by atoms with Crippen molar-refractivity contribution in [1.29, 1.82) is 5.26 Å². The lowest BCUT2D eigenvalue weighted by molar-refractivity contribution is 0.0695. The number of H-pyrrole nitrogens is 1. The number of hydrogen-bond donors (Lipinski definition) is 4. The van der Waals surface area contributed by atoms with Gasteiger partial charge in [0.1, 0.15) is 28.8 Å². The monoisotopic (exact) mass is 392 g/mol. The number of nitrogens with two attached hydrogens (primary N) is 1. The maximum Gasteiger partial charge on any atom is 0.342 e. The van der Waals surface area contributed by atoms with Crippen LogP contribution in [-0.2, 0) is 0 Å². The molecule has 0 atom stereocenters. The molecule has 2 heterocycles. The minimum Gasteiger partial charge on any atom is -0.478 e. The lowest BCUT2D eigenvalue weighted by Gasteiger charge is -2.12. The van der Waals surface area contributed by atoms with E-state index < -0.39 is 34.4 Å². The molecular weight excluding hydrogens is 380 g/mol. The van der Waals surface area contributed by atoms with Crippen molar-refractivity contribution in [2.45, 2.75) is 0 Å². The van der Waals surface area contributed by atoms with Crippen molar-refractivity contribution in [1.82, 2.24) is 9.97 Å². The van der Waals surface area contributed by atoms with Gasteiger partial charge in [-0.3, -0.25) is 4.79 Å². The number of aromatic carboxylic acids is 2. The molecule has 0 amide bonds. The molecule has 10 heteroatoms. The number of rotatable bonds is 5. The number of pyridine rings is 2. The van der Waals surface area contributed by atoms with Gasteiger partial charge in [-0.2, -0.15) is 5.26 Å². The van der Waals surface area contributed by atoms with E-state index in [1.165, 1.54) is 42.6 Å². The summed E-state index contributed by atoms with van der Waals surface area (Å²) in [6.45, 7) is 0. The summed E-state index contributed by atoms with van der Waals surface area (Å²) in [4.78, 5) is 41.2. The van der Waals surface area contributed by atoms with Crippen LogP contribution in [0, 0.1) is 11.3 Å². The Labute approximate surface area is 162 Å². The van der Waals surface area contributed by atoms with Crippen LogP contribution in [0.25, 0.3) is 11.1 Å². The highest BCUT2D eigenvalue weighted by Crippen LogP contribution is 2.31. The molecule has 1 aromatic carbocycles. The van der Waals surface area contributed by atoms with Gasteiger partial charge in [0.25, 0.3) is 5.56 Å². The highest BCUT2D eigenvalue weighted by molar-refractivity contribution is 6.07. The first kappa shape index (κ1) is 19.1. The molecule has 0 unspecified atom stereocenters. The Kier molecular flexibility index (Phi) is 4.97. The molecule has 0 fully saturated rings. The van der Waals surface area contributed by atoms with Crippen LogP contribution in [-0.4, -0.2) is 32.1 Å². The summed E-state index contributed by atoms with van der Waals surface area (Å²) in [5.74, 6) is -3.00. The van der Waals surface area contributed by atoms with E-state index in [9.17, 15) is 24.6 Å². The van der Waals surface area contributed by atoms with Gasteiger partial charge in [0.2, 0.25) is 5.88 Å². The average molecular weight is 392 g/mol. The van der Waals surface area contributed by atoms with Gasteiger partial charge in [0.15, 0.2) is 0 Å². The van der Waals surface area contributed by atoms with Crippen molar-refractivity contribution in [2.75, 3.05) is 5.73 Å². The third-order valence-electron chi connectivity index (χ3n) is 3.90. The summed E-state index contributed by atoms with van der Waals surface area (Å²) >= 11 is 0. The van der Waals surface area contributed by atoms with E-state index in [-0.39, 0.29) is 17.0 Å². The topological polar surface area (TPSA) is 179 Å². The third-order valence-corrected chi connectivity index (χ3v) is 3.90. The molecule has 3 aromatic rings. The van der Waals surface area contributed by atoms with Crippen molar-refractivity contribution in [2.24, 2.45) is 0 Å². The smallest absolute Gasteiger partial charge is 0.342 e. The second-order valence-corrected chi connectivity index (χ2v) is 5.73. The second kappa shape index (κ2) is 7.53. The van der Waals surface area contributed by atoms with Crippen molar-refractivity contribution in [3.63, 3.8) is 0 Å². The van der Waals surface area contributed by atoms with Gasteiger partial charge in [-0.05, 0) is 23.8 Å². The standard InChI is InChI=1S/C19H12N4O6/c20-7-9-1-6-12(22-8-9)29-11-4-2-10(3-5-11)13-14(18(25)26)16(21)23-17(24)15(13)19(27)28/h1-6,8H,(H,25,26)(H,27,28)(H3,21,23,24). The van der Waals surface area contributed by atoms with Gasteiger partial charge in [-0.25, -0.2) is 14.6 Å². The van der Waals surface area contributed by atoms with Crippen LogP contribution in [0.5, 0.6) is 11.6 Å². The summed E-state index contributed by atoms with van der Waals surface area (Å²) in [6.07, 6.45) is 1.33. The van der Waals surface area contributed by atoms with E-state index in [1.807, 2.05) is 11.1 Å². The quantitative estimate of drug-likeness (QED) is 0.505. The molecule has 0 aliphatic rings. The molecule has 10 nitrogen and oxygen atoms in total. The Morgan fingerprint density at radius 1 is 1.07 bits per heavy atom. The lowest BCUT2D eigenvalue weighted by Crippen LogP contribution is -2.24. The molecule has 0 bridgehead atoms. The third kappa shape index (κ3) is 3.74. The van der Waals surface area contributed by atoms with E-state index >= 15 is 0 Å². The first-order valence-electron chi connectivity index (χ1n) is 7.98. The van der Waals surface area contributed by atoms with Crippen LogP contribution < -0.4 is 16.0 Å². The van der Waals surface area contributed by atoms with Gasteiger partial charge in [0, 0.05) is 17.8 Å². The summed E-state index contributed by atoms with van der Waals surface area (Å²) in [7, 11) is 0. The molecule has 0 saturated carbocycles. The summed E-state index contributed by atoms with van der Waals surface area (Å²) in [6, 6.07) is 10.6. The molecule has 3 rings (SSSR count). The van der Waals surface area contributed by atoms with Gasteiger partial charge in [-0.1, -0.05) is 12.1 Å². The van der Waals surface area contributed by atoms with Crippen LogP contribution >= 0.6 is 0 Å². The van der Waals surface area contributed by atoms with Crippen molar-refractivity contribution >= 4 is 17.8 Å². The number of aromatic amines is 1. The van der Waals surface area contributed by atoms with Gasteiger partial charge >= 0.3 is 11.9 Å². The van der Waals surface area contributed by atoms with E-state index in [0.29, 0.717) is 11.3 Å². The molecule has 0 aliphatic heterocycles. The van der Waals surface area contributed by atoms with E-state index in [2.05, 4.69) is 4.98 Å². The van der Waals surface area contributed by atoms with Crippen LogP contribution in [0.15, 0.2) is 47.4 Å². The zero-order valence-electron chi connectivity index (χ0n) is 14.5. The van der Waals surface area contributed by atoms with Gasteiger partial charge < -0.3 is 25.7 Å². The minimum atomic E-state index is -1.59. The van der Waals surface area contributed by atoms with E-state index in [0.717, 1.165) is 0 Å². The van der Waals surface area contributed by atoms with Crippen LogP contribution in [0.3, 0.4) is 0 Å². The molecule has 29 heavy (non-hydrogen) atoms. The fourth-order valence-electron chi connectivity index (χ4n) is 2.65. The first-order valence-corrected chi connectivity index (χ1v) is 7.98. The zero-order valence-corrected chi connectivity index (χ0v) is 14.5. The molecule has 0 saturated heterocycles. The van der Waals surface area contributed by atoms with E-state index in [4.69, 9.17) is 15.7 Å². The summed E-state index contributed by atoms with van der Waals surface area (Å²) in [5.41, 5.74) is 3.53. The number of nitrogen functional groups attached to an aromatic ring is 1. The second-order valence-electron chi connectivity index (χ2n) is 5.73. The van der Waals surface area contributed by atoms with Gasteiger partial charge in [-0.15, -0.1) is 0 Å². The zero-order chi connectivity index (χ0) is 21.1. The number of benzene rings is 1. The molecular formula is C19H12N4O6. The maximum atomic E-state index is 12.0. The molecule has 144 valence electrons. The number of ether oxygens (including phenoxy) is 1.